The Morgan fingerprint density at radius 1 is 1.19 bits per heavy atom. The molecule has 2 atom stereocenters. The lowest BCUT2D eigenvalue weighted by Crippen LogP contribution is -2.41. The van der Waals surface area contributed by atoms with Crippen LogP contribution in [0.3, 0.4) is 0 Å². The topological polar surface area (TPSA) is 70.5 Å². The standard InChI is InChI=1S/C20H21ClN2O3/c21-15-7-4-14(5-8-15)6-9-19(25)18-12-17(24)13-23(18)20(26)11-16-3-1-2-10-22-16/h1-5,7-8,10,17-18,24H,6,9,11-13H2/t17-,18+/m1/s1. The first kappa shape index (κ1) is 18.5. The highest BCUT2D eigenvalue weighted by Gasteiger charge is 2.38. The number of rotatable bonds is 6. The zero-order chi connectivity index (χ0) is 18.5. The molecule has 1 amide bonds. The van der Waals surface area contributed by atoms with Crippen molar-refractivity contribution < 1.29 is 14.7 Å². The Labute approximate surface area is 157 Å². The van der Waals surface area contributed by atoms with E-state index in [1.165, 1.54) is 4.90 Å². The molecule has 0 aliphatic carbocycles. The average molecular weight is 373 g/mol. The van der Waals surface area contributed by atoms with Gasteiger partial charge in [-0.15, -0.1) is 0 Å². The summed E-state index contributed by atoms with van der Waals surface area (Å²) in [5.74, 6) is -0.198. The van der Waals surface area contributed by atoms with Gasteiger partial charge in [0.15, 0.2) is 5.78 Å². The van der Waals surface area contributed by atoms with E-state index in [1.54, 1.807) is 30.5 Å². The van der Waals surface area contributed by atoms with E-state index in [0.717, 1.165) is 5.56 Å². The third-order valence-corrected chi connectivity index (χ3v) is 4.85. The normalized spacial score (nSPS) is 19.5. The number of aryl methyl sites for hydroxylation is 1. The number of carbonyl (C=O) groups is 2. The monoisotopic (exact) mass is 372 g/mol. The number of amides is 1. The Balaban J connectivity index is 1.61. The number of benzene rings is 1. The summed E-state index contributed by atoms with van der Waals surface area (Å²) in [7, 11) is 0. The van der Waals surface area contributed by atoms with Gasteiger partial charge < -0.3 is 10.0 Å². The highest BCUT2D eigenvalue weighted by molar-refractivity contribution is 6.30. The minimum Gasteiger partial charge on any atom is -0.391 e. The van der Waals surface area contributed by atoms with E-state index in [9.17, 15) is 14.7 Å². The molecule has 1 N–H and O–H groups in total. The van der Waals surface area contributed by atoms with Crippen LogP contribution in [0.25, 0.3) is 0 Å². The van der Waals surface area contributed by atoms with Crippen molar-refractivity contribution >= 4 is 23.3 Å². The van der Waals surface area contributed by atoms with Crippen LogP contribution < -0.4 is 0 Å². The van der Waals surface area contributed by atoms with Gasteiger partial charge in [-0.2, -0.15) is 0 Å². The third-order valence-electron chi connectivity index (χ3n) is 4.60. The van der Waals surface area contributed by atoms with Crippen LogP contribution in [-0.2, 0) is 22.4 Å². The largest absolute Gasteiger partial charge is 0.391 e. The molecule has 0 bridgehead atoms. The van der Waals surface area contributed by atoms with E-state index in [-0.39, 0.29) is 24.7 Å². The Kier molecular flexibility index (Phi) is 6.01. The highest BCUT2D eigenvalue weighted by atomic mass is 35.5. The number of ketones is 1. The molecule has 1 aliphatic heterocycles. The zero-order valence-electron chi connectivity index (χ0n) is 14.3. The number of β-amino-alcohol motifs (C(OH)–C–C–N with tert-alkyl or cyclic N) is 1. The number of pyridine rings is 1. The summed E-state index contributed by atoms with van der Waals surface area (Å²) in [5.41, 5.74) is 1.68. The number of likely N-dealkylation sites (tertiary alicyclic amines) is 1. The molecule has 0 unspecified atom stereocenters. The van der Waals surface area contributed by atoms with E-state index < -0.39 is 12.1 Å². The molecule has 0 spiro atoms. The maximum Gasteiger partial charge on any atom is 0.229 e. The van der Waals surface area contributed by atoms with Crippen molar-refractivity contribution in [2.75, 3.05) is 6.54 Å². The number of halogens is 1. The molecule has 5 nitrogen and oxygen atoms in total. The van der Waals surface area contributed by atoms with E-state index in [1.807, 2.05) is 18.2 Å². The van der Waals surface area contributed by atoms with Gasteiger partial charge in [-0.1, -0.05) is 29.8 Å². The van der Waals surface area contributed by atoms with Gasteiger partial charge in [-0.05, 0) is 36.2 Å². The predicted octanol–water partition coefficient (Wildman–Crippen LogP) is 2.44. The number of Topliss-reactive ketones (excluding diaryl/α,β-unsaturated/α-hetero) is 1. The van der Waals surface area contributed by atoms with E-state index in [4.69, 9.17) is 11.6 Å². The van der Waals surface area contributed by atoms with Crippen LogP contribution in [0.2, 0.25) is 5.02 Å². The van der Waals surface area contributed by atoms with Crippen LogP contribution in [-0.4, -0.2) is 45.4 Å². The maximum atomic E-state index is 12.7. The van der Waals surface area contributed by atoms with Crippen molar-refractivity contribution in [2.24, 2.45) is 0 Å². The number of hydrogen-bond donors (Lipinski definition) is 1. The summed E-state index contributed by atoms with van der Waals surface area (Å²) in [6, 6.07) is 12.2. The summed E-state index contributed by atoms with van der Waals surface area (Å²) in [6.45, 7) is 0.197. The third kappa shape index (κ3) is 4.68. The first-order chi connectivity index (χ1) is 12.5. The molecule has 1 saturated heterocycles. The summed E-state index contributed by atoms with van der Waals surface area (Å²) in [5, 5.41) is 10.6. The summed E-state index contributed by atoms with van der Waals surface area (Å²) >= 11 is 5.87. The summed E-state index contributed by atoms with van der Waals surface area (Å²) in [6.07, 6.45) is 2.32. The van der Waals surface area contributed by atoms with E-state index >= 15 is 0 Å². The fraction of sp³-hybridized carbons (Fsp3) is 0.350. The second kappa shape index (κ2) is 8.43. The summed E-state index contributed by atoms with van der Waals surface area (Å²) in [4.78, 5) is 30.9. The van der Waals surface area contributed by atoms with Crippen LogP contribution in [0.1, 0.15) is 24.1 Å². The maximum absolute atomic E-state index is 12.7. The van der Waals surface area contributed by atoms with Gasteiger partial charge in [0.05, 0.1) is 18.6 Å². The van der Waals surface area contributed by atoms with Gasteiger partial charge in [-0.25, -0.2) is 0 Å². The summed E-state index contributed by atoms with van der Waals surface area (Å²) < 4.78 is 0. The van der Waals surface area contributed by atoms with Crippen molar-refractivity contribution in [3.05, 3.63) is 64.9 Å². The molecule has 1 fully saturated rings. The van der Waals surface area contributed by atoms with Crippen molar-refractivity contribution in [2.45, 2.75) is 37.8 Å². The van der Waals surface area contributed by atoms with E-state index in [2.05, 4.69) is 4.98 Å². The predicted molar refractivity (Wildman–Crippen MR) is 98.8 cm³/mol. The second-order valence-corrected chi connectivity index (χ2v) is 6.98. The fourth-order valence-electron chi connectivity index (χ4n) is 3.24. The Hall–Kier alpha value is -2.24. The molecule has 1 aliphatic rings. The fourth-order valence-corrected chi connectivity index (χ4v) is 3.37. The molecule has 26 heavy (non-hydrogen) atoms. The molecule has 6 heteroatoms. The van der Waals surface area contributed by atoms with Gasteiger partial charge in [0.1, 0.15) is 0 Å². The SMILES string of the molecule is O=C(CCc1ccc(Cl)cc1)[C@@H]1C[C@@H](O)CN1C(=O)Cc1ccccn1. The molecule has 1 aromatic carbocycles. The minimum absolute atomic E-state index is 0.0223. The van der Waals surface area contributed by atoms with Gasteiger partial charge >= 0.3 is 0 Å². The lowest BCUT2D eigenvalue weighted by molar-refractivity contribution is -0.137. The Morgan fingerprint density at radius 2 is 1.96 bits per heavy atom. The lowest BCUT2D eigenvalue weighted by Gasteiger charge is -2.23. The molecular formula is C20H21ClN2O3. The molecule has 2 heterocycles. The lowest BCUT2D eigenvalue weighted by atomic mass is 10.0. The minimum atomic E-state index is -0.660. The van der Waals surface area contributed by atoms with Gasteiger partial charge in [-0.3, -0.25) is 14.6 Å². The van der Waals surface area contributed by atoms with Crippen LogP contribution >= 0.6 is 11.6 Å². The Morgan fingerprint density at radius 3 is 2.65 bits per heavy atom. The molecular weight excluding hydrogens is 352 g/mol. The first-order valence-electron chi connectivity index (χ1n) is 8.67. The first-order valence-corrected chi connectivity index (χ1v) is 9.05. The van der Waals surface area contributed by atoms with Crippen LogP contribution in [0, 0.1) is 0 Å². The van der Waals surface area contributed by atoms with E-state index in [0.29, 0.717) is 30.0 Å². The molecule has 0 radical (unpaired) electrons. The average Bonchev–Trinajstić information content (AvgIpc) is 3.04. The second-order valence-electron chi connectivity index (χ2n) is 6.54. The number of nitrogens with zero attached hydrogens (tertiary/aromatic N) is 2. The van der Waals surface area contributed by atoms with Crippen LogP contribution in [0.5, 0.6) is 0 Å². The number of aliphatic hydroxyl groups is 1. The van der Waals surface area contributed by atoms with Gasteiger partial charge in [0.2, 0.25) is 5.91 Å². The quantitative estimate of drug-likeness (QED) is 0.845. The van der Waals surface area contributed by atoms with Crippen LogP contribution in [0.15, 0.2) is 48.7 Å². The van der Waals surface area contributed by atoms with Crippen molar-refractivity contribution in [3.8, 4) is 0 Å². The number of aliphatic hydroxyl groups excluding tert-OH is 1. The molecule has 1 aromatic heterocycles. The molecule has 0 saturated carbocycles. The van der Waals surface area contributed by atoms with Gasteiger partial charge in [0, 0.05) is 36.3 Å². The molecule has 136 valence electrons. The van der Waals surface area contributed by atoms with Crippen LogP contribution in [0.4, 0.5) is 0 Å². The van der Waals surface area contributed by atoms with Crippen molar-refractivity contribution in [1.29, 1.82) is 0 Å². The zero-order valence-corrected chi connectivity index (χ0v) is 15.1. The number of hydrogen-bond acceptors (Lipinski definition) is 4. The Bertz CT molecular complexity index is 764. The number of carbonyl (C=O) groups excluding carboxylic acids is 2. The van der Waals surface area contributed by atoms with Gasteiger partial charge in [0.25, 0.3) is 0 Å². The molecule has 3 rings (SSSR count). The molecule has 2 aromatic rings. The van der Waals surface area contributed by atoms with Crippen molar-refractivity contribution in [1.82, 2.24) is 9.88 Å². The smallest absolute Gasteiger partial charge is 0.229 e. The van der Waals surface area contributed by atoms with Crippen molar-refractivity contribution in [3.63, 3.8) is 0 Å². The number of aromatic nitrogens is 1. The highest BCUT2D eigenvalue weighted by Crippen LogP contribution is 2.22.